The highest BCUT2D eigenvalue weighted by Gasteiger charge is 2.26. The van der Waals surface area contributed by atoms with Gasteiger partial charge in [-0.05, 0) is 25.0 Å². The fourth-order valence-electron chi connectivity index (χ4n) is 1.75. The van der Waals surface area contributed by atoms with Gasteiger partial charge in [0, 0.05) is 5.38 Å². The summed E-state index contributed by atoms with van der Waals surface area (Å²) < 4.78 is 5.02. The van der Waals surface area contributed by atoms with E-state index >= 15 is 0 Å². The molecule has 7 heteroatoms. The molecule has 2 amide bonds. The summed E-state index contributed by atoms with van der Waals surface area (Å²) in [6, 6.07) is 2.51. The average Bonchev–Trinajstić information content (AvgIpc) is 3.06. The van der Waals surface area contributed by atoms with Crippen LogP contribution in [0.2, 0.25) is 0 Å². The Bertz CT molecular complexity index is 619. The Balaban J connectivity index is 2.04. The third kappa shape index (κ3) is 3.91. The van der Waals surface area contributed by atoms with Crippen LogP contribution in [0.3, 0.4) is 0 Å². The van der Waals surface area contributed by atoms with Gasteiger partial charge in [-0.25, -0.2) is 4.98 Å². The van der Waals surface area contributed by atoms with Crippen molar-refractivity contribution in [3.05, 3.63) is 35.2 Å². The molecule has 0 aliphatic carbocycles. The Labute approximate surface area is 126 Å². The molecule has 0 fully saturated rings. The van der Waals surface area contributed by atoms with Gasteiger partial charge in [0.15, 0.2) is 10.9 Å². The molecule has 0 saturated carbocycles. The fraction of sp³-hybridized carbons (Fsp3) is 0.357. The number of hydrogen-bond acceptors (Lipinski definition) is 5. The topological polar surface area (TPSA) is 84.2 Å². The van der Waals surface area contributed by atoms with Crippen LogP contribution in [0.25, 0.3) is 0 Å². The highest BCUT2D eigenvalue weighted by Crippen LogP contribution is 2.16. The number of carbonyl (C=O) groups excluding carboxylic acids is 2. The van der Waals surface area contributed by atoms with Crippen LogP contribution in [-0.4, -0.2) is 22.8 Å². The molecule has 2 aromatic heterocycles. The molecular formula is C14H17N3O3S. The maximum Gasteiger partial charge on any atom is 0.287 e. The lowest BCUT2D eigenvalue weighted by Crippen LogP contribution is -2.47. The van der Waals surface area contributed by atoms with Crippen molar-refractivity contribution < 1.29 is 14.0 Å². The van der Waals surface area contributed by atoms with Crippen LogP contribution < -0.4 is 10.6 Å². The minimum atomic E-state index is -0.660. The van der Waals surface area contributed by atoms with Crippen molar-refractivity contribution in [2.75, 3.05) is 5.32 Å². The standard InChI is InChI=1S/C14H17N3O3S/c1-8(2)11(16-12(18)10-5-4-6-20-10)13(19)17-14-15-9(3)7-21-14/h4-8,11H,1-3H3,(H,16,18)(H,15,17,19)/t11-/m1/s1. The number of anilines is 1. The zero-order chi connectivity index (χ0) is 15.4. The Morgan fingerprint density at radius 3 is 2.67 bits per heavy atom. The van der Waals surface area contributed by atoms with Crippen LogP contribution >= 0.6 is 11.3 Å². The monoisotopic (exact) mass is 307 g/mol. The summed E-state index contributed by atoms with van der Waals surface area (Å²) in [7, 11) is 0. The van der Waals surface area contributed by atoms with Crippen LogP contribution in [0.4, 0.5) is 5.13 Å². The SMILES string of the molecule is Cc1csc(NC(=O)[C@H](NC(=O)c2ccco2)C(C)C)n1. The highest BCUT2D eigenvalue weighted by molar-refractivity contribution is 7.13. The van der Waals surface area contributed by atoms with E-state index < -0.39 is 11.9 Å². The summed E-state index contributed by atoms with van der Waals surface area (Å²) in [5, 5.41) is 7.77. The Hall–Kier alpha value is -2.15. The molecule has 0 radical (unpaired) electrons. The van der Waals surface area contributed by atoms with Gasteiger partial charge in [-0.1, -0.05) is 13.8 Å². The molecule has 2 N–H and O–H groups in total. The Morgan fingerprint density at radius 1 is 1.38 bits per heavy atom. The number of aryl methyl sites for hydroxylation is 1. The first kappa shape index (κ1) is 15.2. The number of furan rings is 1. The van der Waals surface area contributed by atoms with E-state index in [1.807, 2.05) is 26.2 Å². The molecular weight excluding hydrogens is 290 g/mol. The van der Waals surface area contributed by atoms with Gasteiger partial charge in [-0.3, -0.25) is 9.59 Å². The Morgan fingerprint density at radius 2 is 2.14 bits per heavy atom. The number of amides is 2. The van der Waals surface area contributed by atoms with E-state index in [1.165, 1.54) is 17.6 Å². The van der Waals surface area contributed by atoms with Gasteiger partial charge in [-0.15, -0.1) is 11.3 Å². The normalized spacial score (nSPS) is 12.2. The zero-order valence-corrected chi connectivity index (χ0v) is 12.9. The van der Waals surface area contributed by atoms with E-state index in [0.29, 0.717) is 5.13 Å². The van der Waals surface area contributed by atoms with Crippen molar-refractivity contribution in [3.63, 3.8) is 0 Å². The summed E-state index contributed by atoms with van der Waals surface area (Å²) >= 11 is 1.35. The molecule has 6 nitrogen and oxygen atoms in total. The van der Waals surface area contributed by atoms with E-state index in [9.17, 15) is 9.59 Å². The van der Waals surface area contributed by atoms with Crippen LogP contribution in [0, 0.1) is 12.8 Å². The molecule has 2 heterocycles. The van der Waals surface area contributed by atoms with Crippen molar-refractivity contribution in [1.82, 2.24) is 10.3 Å². The molecule has 0 unspecified atom stereocenters. The second-order valence-corrected chi connectivity index (χ2v) is 5.81. The fourth-order valence-corrected chi connectivity index (χ4v) is 2.44. The van der Waals surface area contributed by atoms with Crippen molar-refractivity contribution in [1.29, 1.82) is 0 Å². The predicted octanol–water partition coefficient (Wildman–Crippen LogP) is 2.44. The van der Waals surface area contributed by atoms with Gasteiger partial charge in [0.2, 0.25) is 5.91 Å². The molecule has 0 spiro atoms. The summed E-state index contributed by atoms with van der Waals surface area (Å²) in [4.78, 5) is 28.4. The molecule has 0 bridgehead atoms. The number of aromatic nitrogens is 1. The zero-order valence-electron chi connectivity index (χ0n) is 12.0. The number of nitrogens with zero attached hydrogens (tertiary/aromatic N) is 1. The van der Waals surface area contributed by atoms with E-state index in [0.717, 1.165) is 5.69 Å². The molecule has 2 rings (SSSR count). The largest absolute Gasteiger partial charge is 0.459 e. The molecule has 0 aromatic carbocycles. The first-order valence-corrected chi connectivity index (χ1v) is 7.42. The van der Waals surface area contributed by atoms with Crippen LogP contribution in [-0.2, 0) is 4.79 Å². The van der Waals surface area contributed by atoms with Crippen molar-refractivity contribution in [2.45, 2.75) is 26.8 Å². The molecule has 112 valence electrons. The maximum absolute atomic E-state index is 12.3. The number of nitrogens with one attached hydrogen (secondary N) is 2. The van der Waals surface area contributed by atoms with Crippen LogP contribution in [0.1, 0.15) is 30.1 Å². The number of hydrogen-bond donors (Lipinski definition) is 2. The van der Waals surface area contributed by atoms with E-state index in [2.05, 4.69) is 15.6 Å². The molecule has 0 aliphatic rings. The minimum Gasteiger partial charge on any atom is -0.459 e. The third-order valence-electron chi connectivity index (χ3n) is 2.83. The Kier molecular flexibility index (Phi) is 4.74. The van der Waals surface area contributed by atoms with Gasteiger partial charge >= 0.3 is 0 Å². The number of rotatable bonds is 5. The molecule has 21 heavy (non-hydrogen) atoms. The summed E-state index contributed by atoms with van der Waals surface area (Å²) in [6.45, 7) is 5.57. The van der Waals surface area contributed by atoms with E-state index in [-0.39, 0.29) is 17.6 Å². The second kappa shape index (κ2) is 6.53. The highest BCUT2D eigenvalue weighted by atomic mass is 32.1. The van der Waals surface area contributed by atoms with Crippen LogP contribution in [0.15, 0.2) is 28.2 Å². The number of carbonyl (C=O) groups is 2. The quantitative estimate of drug-likeness (QED) is 0.888. The third-order valence-corrected chi connectivity index (χ3v) is 3.71. The summed E-state index contributed by atoms with van der Waals surface area (Å²) in [6.07, 6.45) is 1.41. The van der Waals surface area contributed by atoms with Gasteiger partial charge in [0.05, 0.1) is 12.0 Å². The van der Waals surface area contributed by atoms with Crippen molar-refractivity contribution in [3.8, 4) is 0 Å². The lowest BCUT2D eigenvalue weighted by atomic mass is 10.0. The molecule has 1 atom stereocenters. The summed E-state index contributed by atoms with van der Waals surface area (Å²) in [5.41, 5.74) is 0.844. The lowest BCUT2D eigenvalue weighted by molar-refractivity contribution is -0.118. The first-order valence-electron chi connectivity index (χ1n) is 6.54. The predicted molar refractivity (Wildman–Crippen MR) is 80.3 cm³/mol. The average molecular weight is 307 g/mol. The van der Waals surface area contributed by atoms with E-state index in [1.54, 1.807) is 12.1 Å². The van der Waals surface area contributed by atoms with Crippen LogP contribution in [0.5, 0.6) is 0 Å². The van der Waals surface area contributed by atoms with E-state index in [4.69, 9.17) is 4.42 Å². The molecule has 0 saturated heterocycles. The van der Waals surface area contributed by atoms with Gasteiger partial charge < -0.3 is 15.1 Å². The van der Waals surface area contributed by atoms with Gasteiger partial charge in [-0.2, -0.15) is 0 Å². The molecule has 2 aromatic rings. The number of thiazole rings is 1. The van der Waals surface area contributed by atoms with Gasteiger partial charge in [0.25, 0.3) is 5.91 Å². The minimum absolute atomic E-state index is 0.0648. The van der Waals surface area contributed by atoms with Crippen molar-refractivity contribution in [2.24, 2.45) is 5.92 Å². The maximum atomic E-state index is 12.3. The van der Waals surface area contributed by atoms with Crippen molar-refractivity contribution >= 4 is 28.3 Å². The smallest absolute Gasteiger partial charge is 0.287 e. The molecule has 0 aliphatic heterocycles. The second-order valence-electron chi connectivity index (χ2n) is 4.96. The lowest BCUT2D eigenvalue weighted by Gasteiger charge is -2.20. The summed E-state index contributed by atoms with van der Waals surface area (Å²) in [5.74, 6) is -0.591. The first-order chi connectivity index (χ1) is 9.97. The van der Waals surface area contributed by atoms with Gasteiger partial charge in [0.1, 0.15) is 6.04 Å².